The first-order chi connectivity index (χ1) is 12.2. The first-order valence-electron chi connectivity index (χ1n) is 8.54. The molecule has 140 valence electrons. The van der Waals surface area contributed by atoms with Crippen LogP contribution in [-0.2, 0) is 18.4 Å². The van der Waals surface area contributed by atoms with Gasteiger partial charge in [0.05, 0.1) is 18.3 Å². The van der Waals surface area contributed by atoms with Gasteiger partial charge in [0, 0.05) is 38.4 Å². The Morgan fingerprint density at radius 1 is 1.31 bits per heavy atom. The van der Waals surface area contributed by atoms with Crippen molar-refractivity contribution in [1.29, 1.82) is 0 Å². The Balaban J connectivity index is 0.00000243. The number of hydrogen-bond donors (Lipinski definition) is 2. The van der Waals surface area contributed by atoms with Gasteiger partial charge < -0.3 is 15.5 Å². The zero-order valence-electron chi connectivity index (χ0n) is 15.1. The van der Waals surface area contributed by atoms with Crippen molar-refractivity contribution >= 4 is 41.5 Å². The SMILES string of the molecule is CCNC(=NCc1ccnn1C)NC1CC(=O)N(c2ccccc2)C1.I. The summed E-state index contributed by atoms with van der Waals surface area (Å²) in [6.07, 6.45) is 2.23. The van der Waals surface area contributed by atoms with Crippen molar-refractivity contribution in [1.82, 2.24) is 20.4 Å². The van der Waals surface area contributed by atoms with E-state index in [0.717, 1.165) is 23.9 Å². The Morgan fingerprint density at radius 3 is 2.73 bits per heavy atom. The minimum absolute atomic E-state index is 0. The second kappa shape index (κ2) is 9.56. The van der Waals surface area contributed by atoms with Crippen LogP contribution in [-0.4, -0.2) is 40.8 Å². The predicted octanol–water partition coefficient (Wildman–Crippen LogP) is 1.90. The maximum absolute atomic E-state index is 12.3. The lowest BCUT2D eigenvalue weighted by molar-refractivity contribution is -0.117. The highest BCUT2D eigenvalue weighted by Gasteiger charge is 2.31. The molecule has 1 fully saturated rings. The van der Waals surface area contributed by atoms with Crippen LogP contribution in [0.2, 0.25) is 0 Å². The Hall–Kier alpha value is -2.10. The van der Waals surface area contributed by atoms with Crippen LogP contribution in [0.15, 0.2) is 47.6 Å². The van der Waals surface area contributed by atoms with Gasteiger partial charge in [0.25, 0.3) is 0 Å². The summed E-state index contributed by atoms with van der Waals surface area (Å²) in [5.74, 6) is 0.850. The van der Waals surface area contributed by atoms with Gasteiger partial charge in [-0.2, -0.15) is 5.10 Å². The number of aliphatic imine (C=N–C) groups is 1. The van der Waals surface area contributed by atoms with Crippen molar-refractivity contribution in [2.45, 2.75) is 25.9 Å². The molecule has 0 aliphatic carbocycles. The number of guanidine groups is 1. The summed E-state index contributed by atoms with van der Waals surface area (Å²) in [5, 5.41) is 10.8. The second-order valence-corrected chi connectivity index (χ2v) is 6.03. The molecule has 1 aliphatic rings. The van der Waals surface area contributed by atoms with E-state index in [2.05, 4.69) is 20.7 Å². The van der Waals surface area contributed by atoms with Crippen LogP contribution in [0, 0.1) is 0 Å². The van der Waals surface area contributed by atoms with E-state index in [0.29, 0.717) is 19.5 Å². The Morgan fingerprint density at radius 2 is 2.08 bits per heavy atom. The highest BCUT2D eigenvalue weighted by molar-refractivity contribution is 14.0. The number of aryl methyl sites for hydroxylation is 1. The molecule has 1 aromatic carbocycles. The highest BCUT2D eigenvalue weighted by atomic mass is 127. The van der Waals surface area contributed by atoms with Gasteiger partial charge in [-0.25, -0.2) is 4.99 Å². The van der Waals surface area contributed by atoms with Crippen molar-refractivity contribution in [3.63, 3.8) is 0 Å². The topological polar surface area (TPSA) is 74.5 Å². The highest BCUT2D eigenvalue weighted by Crippen LogP contribution is 2.20. The molecule has 1 amide bonds. The Kier molecular flexibility index (Phi) is 7.43. The van der Waals surface area contributed by atoms with Crippen molar-refractivity contribution < 1.29 is 4.79 Å². The average Bonchev–Trinajstić information content (AvgIpc) is 3.19. The van der Waals surface area contributed by atoms with Gasteiger partial charge in [-0.1, -0.05) is 18.2 Å². The van der Waals surface area contributed by atoms with Crippen molar-refractivity contribution in [2.24, 2.45) is 12.0 Å². The van der Waals surface area contributed by atoms with E-state index < -0.39 is 0 Å². The summed E-state index contributed by atoms with van der Waals surface area (Å²) >= 11 is 0. The summed E-state index contributed by atoms with van der Waals surface area (Å²) in [5.41, 5.74) is 1.97. The van der Waals surface area contributed by atoms with E-state index >= 15 is 0 Å². The third kappa shape index (κ3) is 4.96. The second-order valence-electron chi connectivity index (χ2n) is 6.03. The number of carbonyl (C=O) groups is 1. The van der Waals surface area contributed by atoms with Crippen LogP contribution in [0.1, 0.15) is 19.0 Å². The van der Waals surface area contributed by atoms with Crippen molar-refractivity contribution in [3.8, 4) is 0 Å². The fraction of sp³-hybridized carbons (Fsp3) is 0.389. The van der Waals surface area contributed by atoms with Gasteiger partial charge in [0.1, 0.15) is 0 Å². The van der Waals surface area contributed by atoms with E-state index in [1.165, 1.54) is 0 Å². The van der Waals surface area contributed by atoms with Crippen LogP contribution < -0.4 is 15.5 Å². The van der Waals surface area contributed by atoms with Gasteiger partial charge in [-0.3, -0.25) is 9.48 Å². The van der Waals surface area contributed by atoms with Crippen LogP contribution in [0.25, 0.3) is 0 Å². The first-order valence-corrected chi connectivity index (χ1v) is 8.54. The quantitative estimate of drug-likeness (QED) is 0.400. The molecule has 1 aliphatic heterocycles. The zero-order valence-corrected chi connectivity index (χ0v) is 17.4. The molecule has 8 heteroatoms. The van der Waals surface area contributed by atoms with Crippen LogP contribution >= 0.6 is 24.0 Å². The van der Waals surface area contributed by atoms with Crippen LogP contribution in [0.5, 0.6) is 0 Å². The molecule has 1 unspecified atom stereocenters. The summed E-state index contributed by atoms with van der Waals surface area (Å²) in [6.45, 7) is 3.96. The van der Waals surface area contributed by atoms with Crippen LogP contribution in [0.3, 0.4) is 0 Å². The molecule has 26 heavy (non-hydrogen) atoms. The molecule has 1 aromatic heterocycles. The maximum Gasteiger partial charge on any atom is 0.229 e. The fourth-order valence-corrected chi connectivity index (χ4v) is 2.89. The molecule has 1 atom stereocenters. The zero-order chi connectivity index (χ0) is 17.6. The number of nitrogens with zero attached hydrogens (tertiary/aromatic N) is 4. The lowest BCUT2D eigenvalue weighted by Gasteiger charge is -2.19. The molecular weight excluding hydrogens is 443 g/mol. The number of benzene rings is 1. The molecule has 0 saturated carbocycles. The maximum atomic E-state index is 12.3. The monoisotopic (exact) mass is 468 g/mol. The number of carbonyl (C=O) groups excluding carboxylic acids is 1. The Labute approximate surface area is 170 Å². The van der Waals surface area contributed by atoms with E-state index in [-0.39, 0.29) is 35.9 Å². The number of halogens is 1. The molecule has 2 N–H and O–H groups in total. The summed E-state index contributed by atoms with van der Waals surface area (Å²) in [6, 6.07) is 11.8. The standard InChI is InChI=1S/C18H24N6O.HI/c1-3-19-18(20-12-16-9-10-21-23(16)2)22-14-11-17(25)24(13-14)15-7-5-4-6-8-15;/h4-10,14H,3,11-13H2,1-2H3,(H2,19,20,22);1H. The molecule has 2 aromatic rings. The summed E-state index contributed by atoms with van der Waals surface area (Å²) < 4.78 is 1.81. The van der Waals surface area contributed by atoms with Crippen molar-refractivity contribution in [3.05, 3.63) is 48.3 Å². The summed E-state index contributed by atoms with van der Waals surface area (Å²) in [4.78, 5) is 18.8. The molecular formula is C18H25IN6O. The van der Waals surface area contributed by atoms with E-state index in [1.807, 2.05) is 60.0 Å². The third-order valence-electron chi connectivity index (χ3n) is 4.20. The smallest absolute Gasteiger partial charge is 0.229 e. The van der Waals surface area contributed by atoms with Gasteiger partial charge in [-0.05, 0) is 25.1 Å². The van der Waals surface area contributed by atoms with E-state index in [4.69, 9.17) is 0 Å². The summed E-state index contributed by atoms with van der Waals surface area (Å²) in [7, 11) is 1.90. The van der Waals surface area contributed by atoms with Crippen LogP contribution in [0.4, 0.5) is 5.69 Å². The minimum atomic E-state index is 0. The third-order valence-corrected chi connectivity index (χ3v) is 4.20. The molecule has 1 saturated heterocycles. The number of aromatic nitrogens is 2. The number of amides is 1. The molecule has 0 bridgehead atoms. The Bertz CT molecular complexity index is 745. The van der Waals surface area contributed by atoms with Gasteiger partial charge in [-0.15, -0.1) is 24.0 Å². The fourth-order valence-electron chi connectivity index (χ4n) is 2.89. The largest absolute Gasteiger partial charge is 0.357 e. The lowest BCUT2D eigenvalue weighted by Crippen LogP contribution is -2.44. The first kappa shape index (κ1) is 20.2. The normalized spacial score (nSPS) is 17.2. The predicted molar refractivity (Wildman–Crippen MR) is 114 cm³/mol. The minimum Gasteiger partial charge on any atom is -0.357 e. The average molecular weight is 468 g/mol. The number of rotatable bonds is 5. The number of nitrogens with one attached hydrogen (secondary N) is 2. The van der Waals surface area contributed by atoms with Gasteiger partial charge in [0.2, 0.25) is 5.91 Å². The molecule has 3 rings (SSSR count). The molecule has 7 nitrogen and oxygen atoms in total. The van der Waals surface area contributed by atoms with E-state index in [1.54, 1.807) is 6.20 Å². The van der Waals surface area contributed by atoms with Crippen molar-refractivity contribution in [2.75, 3.05) is 18.0 Å². The molecule has 0 radical (unpaired) electrons. The molecule has 2 heterocycles. The van der Waals surface area contributed by atoms with E-state index in [9.17, 15) is 4.79 Å². The van der Waals surface area contributed by atoms with Gasteiger partial charge >= 0.3 is 0 Å². The lowest BCUT2D eigenvalue weighted by atomic mass is 10.2. The number of anilines is 1. The number of hydrogen-bond acceptors (Lipinski definition) is 3. The molecule has 0 spiro atoms. The number of para-hydroxylation sites is 1. The van der Waals surface area contributed by atoms with Gasteiger partial charge in [0.15, 0.2) is 5.96 Å².